The van der Waals surface area contributed by atoms with E-state index in [1.165, 1.54) is 15.6 Å². The zero-order valence-electron chi connectivity index (χ0n) is 21.1. The van der Waals surface area contributed by atoms with E-state index < -0.39 is 21.3 Å². The average molecular weight is 517 g/mol. The van der Waals surface area contributed by atoms with Crippen molar-refractivity contribution in [3.8, 4) is 0 Å². The van der Waals surface area contributed by atoms with E-state index in [9.17, 15) is 0 Å². The molecule has 0 saturated carbocycles. The number of hydrogen-bond acceptors (Lipinski definition) is 2. The number of benzene rings is 3. The van der Waals surface area contributed by atoms with Crippen LogP contribution in [0.2, 0.25) is 21.5 Å². The quantitative estimate of drug-likeness (QED) is 0.338. The van der Waals surface area contributed by atoms with Crippen LogP contribution in [0, 0.1) is 0 Å². The van der Waals surface area contributed by atoms with Crippen molar-refractivity contribution in [3.05, 3.63) is 91.0 Å². The summed E-state index contributed by atoms with van der Waals surface area (Å²) in [5.41, 5.74) is -0.707. The molecule has 0 N–H and O–H groups in total. The molecule has 0 aromatic heterocycles. The predicted octanol–water partition coefficient (Wildman–Crippen LogP) is 5.04. The molecule has 1 fully saturated rings. The molecule has 2 nitrogen and oxygen atoms in total. The van der Waals surface area contributed by atoms with Gasteiger partial charge in [0.1, 0.15) is 0 Å². The van der Waals surface area contributed by atoms with Gasteiger partial charge in [0.15, 0.2) is 0 Å². The van der Waals surface area contributed by atoms with Gasteiger partial charge >= 0.3 is 205 Å². The van der Waals surface area contributed by atoms with Gasteiger partial charge < -0.3 is 0 Å². The molecule has 1 aliphatic rings. The van der Waals surface area contributed by atoms with Crippen molar-refractivity contribution < 1.29 is 9.31 Å². The van der Waals surface area contributed by atoms with Crippen LogP contribution in [0.4, 0.5) is 0 Å². The zero-order valence-corrected chi connectivity index (χ0v) is 24.2. The van der Waals surface area contributed by atoms with E-state index in [1.54, 1.807) is 0 Å². The van der Waals surface area contributed by atoms with Gasteiger partial charge in [0.05, 0.1) is 0 Å². The van der Waals surface area contributed by atoms with Crippen LogP contribution in [0.3, 0.4) is 0 Å². The van der Waals surface area contributed by atoms with Crippen LogP contribution in [0.15, 0.2) is 91.0 Å². The molecule has 33 heavy (non-hydrogen) atoms. The molecule has 1 unspecified atom stereocenters. The summed E-state index contributed by atoms with van der Waals surface area (Å²) in [7, 11) is -2.78. The Labute approximate surface area is 204 Å². The van der Waals surface area contributed by atoms with Crippen molar-refractivity contribution in [1.29, 1.82) is 0 Å². The second-order valence-electron chi connectivity index (χ2n) is 11.4. The van der Waals surface area contributed by atoms with Gasteiger partial charge in [-0.1, -0.05) is 0 Å². The van der Waals surface area contributed by atoms with Crippen LogP contribution >= 0.6 is 0 Å². The van der Waals surface area contributed by atoms with Gasteiger partial charge in [0.25, 0.3) is 0 Å². The van der Waals surface area contributed by atoms with Crippen molar-refractivity contribution in [2.24, 2.45) is 0 Å². The first-order chi connectivity index (χ1) is 15.5. The van der Waals surface area contributed by atoms with Gasteiger partial charge in [-0.25, -0.2) is 0 Å². The molecule has 3 aromatic rings. The van der Waals surface area contributed by atoms with Gasteiger partial charge in [-0.3, -0.25) is 0 Å². The fourth-order valence-electron chi connectivity index (χ4n) is 5.43. The molecule has 3 aromatic carbocycles. The van der Waals surface area contributed by atoms with Crippen molar-refractivity contribution in [2.45, 2.75) is 60.4 Å². The second kappa shape index (κ2) is 8.88. The topological polar surface area (TPSA) is 18.5 Å². The van der Waals surface area contributed by atoms with Gasteiger partial charge in [-0.2, -0.15) is 0 Å². The molecule has 1 aliphatic heterocycles. The molecule has 0 radical (unpaired) electrons. The van der Waals surface area contributed by atoms with Gasteiger partial charge in [-0.15, -0.1) is 0 Å². The van der Waals surface area contributed by atoms with E-state index in [2.05, 4.69) is 136 Å². The molecular formula is C28H37BGeO2Si. The molecule has 0 bridgehead atoms. The molecule has 1 atom stereocenters. The fourth-order valence-corrected chi connectivity index (χ4v) is 24.8. The van der Waals surface area contributed by atoms with Gasteiger partial charge in [0.2, 0.25) is 0 Å². The van der Waals surface area contributed by atoms with Crippen molar-refractivity contribution >= 4 is 44.0 Å². The van der Waals surface area contributed by atoms with E-state index >= 15 is 0 Å². The van der Waals surface area contributed by atoms with E-state index in [0.717, 1.165) is 0 Å². The van der Waals surface area contributed by atoms with Crippen LogP contribution in [-0.2, 0) is 9.31 Å². The van der Waals surface area contributed by atoms with Crippen LogP contribution in [0.25, 0.3) is 0 Å². The first-order valence-corrected chi connectivity index (χ1v) is 21.6. The summed E-state index contributed by atoms with van der Waals surface area (Å²) in [6, 6.07) is 33.6. The summed E-state index contributed by atoms with van der Waals surface area (Å²) in [6.07, 6.45) is 0. The van der Waals surface area contributed by atoms with E-state index in [1.807, 2.05) is 0 Å². The molecule has 0 amide bonds. The van der Waals surface area contributed by atoms with Crippen molar-refractivity contribution in [1.82, 2.24) is 0 Å². The summed E-state index contributed by atoms with van der Waals surface area (Å²) in [6.45, 7) is 8.71. The third kappa shape index (κ3) is 4.31. The number of hydrogen-bond donors (Lipinski definition) is 0. The minimum absolute atomic E-state index is 0.234. The Morgan fingerprint density at radius 1 is 0.606 bits per heavy atom. The molecule has 172 valence electrons. The molecule has 0 aliphatic carbocycles. The Kier molecular flexibility index (Phi) is 6.60. The Morgan fingerprint density at radius 2 is 0.909 bits per heavy atom. The summed E-state index contributed by atoms with van der Waals surface area (Å²) >= 11 is -2.47. The zero-order chi connectivity index (χ0) is 23.9. The van der Waals surface area contributed by atoms with Crippen LogP contribution in [0.1, 0.15) is 27.7 Å². The molecular weight excluding hydrogens is 480 g/mol. The maximum atomic E-state index is 6.88. The fraction of sp³-hybridized carbons (Fsp3) is 0.357. The Bertz CT molecular complexity index is 953. The van der Waals surface area contributed by atoms with Crippen molar-refractivity contribution in [3.63, 3.8) is 0 Å². The minimum atomic E-state index is -2.55. The van der Waals surface area contributed by atoms with E-state index in [4.69, 9.17) is 9.31 Å². The van der Waals surface area contributed by atoms with Crippen LogP contribution < -0.4 is 15.6 Å². The van der Waals surface area contributed by atoms with Crippen LogP contribution in [-0.4, -0.2) is 39.7 Å². The standard InChI is InChI=1S/C28H37BGeO2Si/c1-27(2)28(3,4)32-29(31-27)26(30(5,6)7)33(23-17-11-8-12-18-23,24-19-13-9-14-20-24)25-21-15-10-16-22-25/h8-22,26H,1-7H3. The first kappa shape index (κ1) is 24.5. The van der Waals surface area contributed by atoms with E-state index in [-0.39, 0.29) is 18.3 Å². The van der Waals surface area contributed by atoms with Gasteiger partial charge in [0, 0.05) is 0 Å². The molecule has 4 rings (SSSR count). The Morgan fingerprint density at radius 3 is 1.18 bits per heavy atom. The monoisotopic (exact) mass is 518 g/mol. The SMILES string of the molecule is CC1(C)OB([CH]([Si](c2ccccc2)(c2ccccc2)c2ccccc2)[Ge]([CH3])([CH3])[CH3])OC1(C)C. The third-order valence-electron chi connectivity index (χ3n) is 7.63. The number of rotatable bonds is 6. The summed E-state index contributed by atoms with van der Waals surface area (Å²) < 4.78 is 14.1. The second-order valence-corrected chi connectivity index (χ2v) is 27.8. The summed E-state index contributed by atoms with van der Waals surface area (Å²) in [5, 5.41) is 4.30. The van der Waals surface area contributed by atoms with E-state index in [0.29, 0.717) is 4.27 Å². The van der Waals surface area contributed by atoms with Crippen molar-refractivity contribution in [2.75, 3.05) is 0 Å². The first-order valence-electron chi connectivity index (χ1n) is 12.0. The average Bonchev–Trinajstić information content (AvgIpc) is 2.99. The predicted molar refractivity (Wildman–Crippen MR) is 147 cm³/mol. The third-order valence-corrected chi connectivity index (χ3v) is 24.3. The molecule has 1 saturated heterocycles. The normalized spacial score (nSPS) is 18.8. The summed E-state index contributed by atoms with van der Waals surface area (Å²) in [4.78, 5) is 0. The Balaban J connectivity index is 2.08. The van der Waals surface area contributed by atoms with Gasteiger partial charge in [-0.05, 0) is 0 Å². The molecule has 1 heterocycles. The summed E-state index contributed by atoms with van der Waals surface area (Å²) in [5.74, 6) is 7.60. The van der Waals surface area contributed by atoms with Crippen LogP contribution in [0.5, 0.6) is 0 Å². The molecule has 5 heteroatoms. The molecule has 0 spiro atoms. The maximum absolute atomic E-state index is 6.88. The Hall–Kier alpha value is -1.60.